The largest absolute Gasteiger partial charge is 0.480 e. The van der Waals surface area contributed by atoms with E-state index < -0.39 is 17.9 Å². The average molecular weight is 330 g/mol. The molecule has 4 nitrogen and oxygen atoms in total. The highest BCUT2D eigenvalue weighted by atomic mass is 35.5. The van der Waals surface area contributed by atoms with Gasteiger partial charge in [-0.15, -0.1) is 0 Å². The minimum atomic E-state index is -1.08. The SMILES string of the molecule is O=C(N[C@H](C/C=C/c1ccccc1)C(=O)O)c1ccc(Cl)cc1. The number of carboxylic acids is 1. The fourth-order valence-electron chi connectivity index (χ4n) is 1.97. The van der Waals surface area contributed by atoms with Crippen LogP contribution in [-0.4, -0.2) is 23.0 Å². The van der Waals surface area contributed by atoms with Gasteiger partial charge in [0, 0.05) is 10.6 Å². The molecule has 0 aliphatic heterocycles. The monoisotopic (exact) mass is 329 g/mol. The van der Waals surface area contributed by atoms with Gasteiger partial charge in [0.2, 0.25) is 0 Å². The summed E-state index contributed by atoms with van der Waals surface area (Å²) < 4.78 is 0. The Balaban J connectivity index is 1.98. The Kier molecular flexibility index (Phi) is 5.94. The van der Waals surface area contributed by atoms with Gasteiger partial charge in [-0.05, 0) is 36.2 Å². The van der Waals surface area contributed by atoms with E-state index in [2.05, 4.69) is 5.32 Å². The molecule has 0 fully saturated rings. The number of nitrogens with one attached hydrogen (secondary N) is 1. The van der Waals surface area contributed by atoms with Gasteiger partial charge in [0.05, 0.1) is 0 Å². The van der Waals surface area contributed by atoms with Gasteiger partial charge in [0.25, 0.3) is 5.91 Å². The van der Waals surface area contributed by atoms with E-state index in [1.807, 2.05) is 36.4 Å². The summed E-state index contributed by atoms with van der Waals surface area (Å²) >= 11 is 5.76. The average Bonchev–Trinajstić information content (AvgIpc) is 2.55. The van der Waals surface area contributed by atoms with Crippen LogP contribution in [0.25, 0.3) is 6.08 Å². The van der Waals surface area contributed by atoms with Crippen LogP contribution in [0, 0.1) is 0 Å². The first kappa shape index (κ1) is 16.8. The molecule has 0 saturated heterocycles. The Labute approximate surface area is 139 Å². The first-order valence-electron chi connectivity index (χ1n) is 7.07. The van der Waals surface area contributed by atoms with Crippen LogP contribution in [0.4, 0.5) is 0 Å². The molecule has 2 aromatic rings. The lowest BCUT2D eigenvalue weighted by molar-refractivity contribution is -0.139. The molecule has 0 aliphatic rings. The third-order valence-corrected chi connectivity index (χ3v) is 3.44. The van der Waals surface area contributed by atoms with Crippen molar-refractivity contribution in [1.29, 1.82) is 0 Å². The summed E-state index contributed by atoms with van der Waals surface area (Å²) in [5.41, 5.74) is 1.34. The molecule has 0 spiro atoms. The highest BCUT2D eigenvalue weighted by molar-refractivity contribution is 6.30. The molecule has 0 bridgehead atoms. The van der Waals surface area contributed by atoms with Gasteiger partial charge >= 0.3 is 5.97 Å². The number of halogens is 1. The summed E-state index contributed by atoms with van der Waals surface area (Å²) in [5, 5.41) is 12.3. The zero-order valence-corrected chi connectivity index (χ0v) is 13.0. The van der Waals surface area contributed by atoms with Crippen LogP contribution in [0.15, 0.2) is 60.7 Å². The molecule has 23 heavy (non-hydrogen) atoms. The lowest BCUT2D eigenvalue weighted by Crippen LogP contribution is -2.40. The molecule has 2 N–H and O–H groups in total. The van der Waals surface area contributed by atoms with Gasteiger partial charge in [0.1, 0.15) is 6.04 Å². The Morgan fingerprint density at radius 3 is 2.35 bits per heavy atom. The molecule has 1 atom stereocenters. The molecule has 0 radical (unpaired) electrons. The minimum Gasteiger partial charge on any atom is -0.480 e. The zero-order valence-electron chi connectivity index (χ0n) is 12.3. The maximum atomic E-state index is 12.1. The molecule has 0 heterocycles. The molecule has 0 unspecified atom stereocenters. The Bertz CT molecular complexity index is 696. The number of carbonyl (C=O) groups excluding carboxylic acids is 1. The lowest BCUT2D eigenvalue weighted by atomic mass is 10.1. The summed E-state index contributed by atoms with van der Waals surface area (Å²) in [5.74, 6) is -1.52. The number of carbonyl (C=O) groups is 2. The second-order valence-electron chi connectivity index (χ2n) is 4.92. The van der Waals surface area contributed by atoms with E-state index in [4.69, 9.17) is 11.6 Å². The van der Waals surface area contributed by atoms with Crippen LogP contribution in [0.1, 0.15) is 22.3 Å². The van der Waals surface area contributed by atoms with Crippen LogP contribution in [0.3, 0.4) is 0 Å². The van der Waals surface area contributed by atoms with E-state index in [0.717, 1.165) is 5.56 Å². The quantitative estimate of drug-likeness (QED) is 0.850. The van der Waals surface area contributed by atoms with Gasteiger partial charge in [-0.3, -0.25) is 4.79 Å². The van der Waals surface area contributed by atoms with Crippen molar-refractivity contribution in [3.63, 3.8) is 0 Å². The fraction of sp³-hybridized carbons (Fsp3) is 0.111. The van der Waals surface area contributed by atoms with Gasteiger partial charge in [-0.1, -0.05) is 54.1 Å². The highest BCUT2D eigenvalue weighted by Crippen LogP contribution is 2.10. The third-order valence-electron chi connectivity index (χ3n) is 3.19. The number of hydrogen-bond donors (Lipinski definition) is 2. The van der Waals surface area contributed by atoms with Crippen LogP contribution in [0.5, 0.6) is 0 Å². The molecule has 5 heteroatoms. The van der Waals surface area contributed by atoms with Gasteiger partial charge < -0.3 is 10.4 Å². The first-order chi connectivity index (χ1) is 11.1. The van der Waals surface area contributed by atoms with Crippen molar-refractivity contribution in [2.75, 3.05) is 0 Å². The number of rotatable bonds is 6. The maximum absolute atomic E-state index is 12.1. The van der Waals surface area contributed by atoms with E-state index in [9.17, 15) is 14.7 Å². The number of benzene rings is 2. The molecule has 0 aliphatic carbocycles. The molecule has 0 saturated carbocycles. The van der Waals surface area contributed by atoms with Crippen molar-refractivity contribution in [3.05, 3.63) is 76.8 Å². The predicted octanol–water partition coefficient (Wildman–Crippen LogP) is 3.63. The van der Waals surface area contributed by atoms with Crippen molar-refractivity contribution >= 4 is 29.6 Å². The van der Waals surface area contributed by atoms with Crippen LogP contribution in [0.2, 0.25) is 5.02 Å². The first-order valence-corrected chi connectivity index (χ1v) is 7.45. The van der Waals surface area contributed by atoms with E-state index in [0.29, 0.717) is 10.6 Å². The van der Waals surface area contributed by atoms with Crippen LogP contribution < -0.4 is 5.32 Å². The second-order valence-corrected chi connectivity index (χ2v) is 5.36. The number of aliphatic carboxylic acids is 1. The third kappa shape index (κ3) is 5.27. The van der Waals surface area contributed by atoms with Crippen molar-refractivity contribution < 1.29 is 14.7 Å². The second kappa shape index (κ2) is 8.15. The van der Waals surface area contributed by atoms with E-state index in [1.54, 1.807) is 30.3 Å². The van der Waals surface area contributed by atoms with E-state index >= 15 is 0 Å². The lowest BCUT2D eigenvalue weighted by Gasteiger charge is -2.12. The topological polar surface area (TPSA) is 66.4 Å². The normalized spacial score (nSPS) is 12.0. The highest BCUT2D eigenvalue weighted by Gasteiger charge is 2.19. The standard InChI is InChI=1S/C18H16ClNO3/c19-15-11-9-14(10-12-15)17(21)20-16(18(22)23)8-4-7-13-5-2-1-3-6-13/h1-7,9-12,16H,8H2,(H,20,21)(H,22,23)/b7-4+/t16-/m1/s1. The van der Waals surface area contributed by atoms with Gasteiger partial charge in [-0.2, -0.15) is 0 Å². The van der Waals surface area contributed by atoms with Crippen LogP contribution >= 0.6 is 11.6 Å². The van der Waals surface area contributed by atoms with Gasteiger partial charge in [-0.25, -0.2) is 4.79 Å². The fourth-order valence-corrected chi connectivity index (χ4v) is 2.09. The number of hydrogen-bond acceptors (Lipinski definition) is 2. The summed E-state index contributed by atoms with van der Waals surface area (Å²) in [7, 11) is 0. The summed E-state index contributed by atoms with van der Waals surface area (Å²) in [6, 6.07) is 14.8. The van der Waals surface area contributed by atoms with Gasteiger partial charge in [0.15, 0.2) is 0 Å². The minimum absolute atomic E-state index is 0.198. The Morgan fingerprint density at radius 1 is 1.09 bits per heavy atom. The Hall–Kier alpha value is -2.59. The van der Waals surface area contributed by atoms with Crippen molar-refractivity contribution in [1.82, 2.24) is 5.32 Å². The van der Waals surface area contributed by atoms with Crippen LogP contribution in [-0.2, 0) is 4.79 Å². The summed E-state index contributed by atoms with van der Waals surface area (Å²) in [6.45, 7) is 0. The summed E-state index contributed by atoms with van der Waals surface area (Å²) in [4.78, 5) is 23.4. The predicted molar refractivity (Wildman–Crippen MR) is 90.4 cm³/mol. The molecule has 2 aromatic carbocycles. The molecule has 2 rings (SSSR count). The molecular weight excluding hydrogens is 314 g/mol. The Morgan fingerprint density at radius 2 is 1.74 bits per heavy atom. The van der Waals surface area contributed by atoms with Crippen molar-refractivity contribution in [2.45, 2.75) is 12.5 Å². The van der Waals surface area contributed by atoms with E-state index in [1.165, 1.54) is 0 Å². The molecule has 1 amide bonds. The summed E-state index contributed by atoms with van der Waals surface area (Å²) in [6.07, 6.45) is 3.75. The molecule has 0 aromatic heterocycles. The van der Waals surface area contributed by atoms with Crippen molar-refractivity contribution in [2.24, 2.45) is 0 Å². The molecular formula is C18H16ClNO3. The number of carboxylic acid groups (broad SMARTS) is 1. The van der Waals surface area contributed by atoms with Crippen molar-refractivity contribution in [3.8, 4) is 0 Å². The zero-order chi connectivity index (χ0) is 16.7. The maximum Gasteiger partial charge on any atom is 0.326 e. The van der Waals surface area contributed by atoms with E-state index in [-0.39, 0.29) is 6.42 Å². The number of amides is 1. The smallest absolute Gasteiger partial charge is 0.326 e. The molecule has 118 valence electrons.